The molecule has 0 bridgehead atoms. The summed E-state index contributed by atoms with van der Waals surface area (Å²) in [5.74, 6) is 0. The van der Waals surface area contributed by atoms with Gasteiger partial charge in [0, 0.05) is 37.1 Å². The maximum absolute atomic E-state index is 2.58. The van der Waals surface area contributed by atoms with E-state index in [1.165, 1.54) is 119 Å². The fraction of sp³-hybridized carbons (Fsp3) is 0.0154. The fourth-order valence-corrected chi connectivity index (χ4v) is 13.3. The van der Waals surface area contributed by atoms with E-state index in [1.807, 2.05) is 11.3 Å². The summed E-state index contributed by atoms with van der Waals surface area (Å²) < 4.78 is 2.61. The lowest BCUT2D eigenvalue weighted by molar-refractivity contribution is 0.794. The quantitative estimate of drug-likeness (QED) is 0.159. The Morgan fingerprint density at radius 1 is 0.284 bits per heavy atom. The number of rotatable bonds is 4. The van der Waals surface area contributed by atoms with Crippen molar-refractivity contribution < 1.29 is 0 Å². The second kappa shape index (κ2) is 13.9. The van der Waals surface area contributed by atoms with Crippen LogP contribution in [0.5, 0.6) is 0 Å². The van der Waals surface area contributed by atoms with E-state index in [9.17, 15) is 0 Å². The summed E-state index contributed by atoms with van der Waals surface area (Å²) in [6.07, 6.45) is 0. The highest BCUT2D eigenvalue weighted by molar-refractivity contribution is 7.25. The molecule has 310 valence electrons. The van der Waals surface area contributed by atoms with Gasteiger partial charge in [-0.2, -0.15) is 0 Å². The van der Waals surface area contributed by atoms with Gasteiger partial charge < -0.3 is 4.90 Å². The van der Waals surface area contributed by atoms with E-state index in [0.29, 0.717) is 0 Å². The van der Waals surface area contributed by atoms with Crippen molar-refractivity contribution in [3.8, 4) is 33.4 Å². The van der Waals surface area contributed by atoms with E-state index in [1.54, 1.807) is 0 Å². The second-order valence-electron chi connectivity index (χ2n) is 18.3. The molecule has 0 atom stereocenters. The lowest BCUT2D eigenvalue weighted by Crippen LogP contribution is -2.26. The number of benzene rings is 12. The summed E-state index contributed by atoms with van der Waals surface area (Å²) in [6, 6.07) is 89.3. The molecule has 13 aromatic rings. The molecule has 67 heavy (non-hydrogen) atoms. The third-order valence-corrected chi connectivity index (χ3v) is 16.2. The lowest BCUT2D eigenvalue weighted by Gasteiger charge is -2.33. The van der Waals surface area contributed by atoms with Crippen LogP contribution in [0, 0.1) is 0 Å². The van der Waals surface area contributed by atoms with Crippen LogP contribution in [0.3, 0.4) is 0 Å². The minimum absolute atomic E-state index is 0.506. The molecule has 2 heteroatoms. The molecule has 1 aromatic heterocycles. The highest BCUT2D eigenvalue weighted by atomic mass is 32.1. The molecular formula is C65H39NS. The smallest absolute Gasteiger partial charge is 0.0726 e. The predicted molar refractivity (Wildman–Crippen MR) is 286 cm³/mol. The molecule has 2 aliphatic rings. The fourth-order valence-electron chi connectivity index (χ4n) is 12.2. The first kappa shape index (κ1) is 37.0. The van der Waals surface area contributed by atoms with Crippen molar-refractivity contribution in [3.05, 3.63) is 259 Å². The molecule has 0 radical (unpaired) electrons. The van der Waals surface area contributed by atoms with Crippen molar-refractivity contribution in [2.24, 2.45) is 0 Å². The molecule has 0 unspecified atom stereocenters. The maximum Gasteiger partial charge on any atom is 0.0726 e. The maximum atomic E-state index is 2.58. The molecular weight excluding hydrogens is 827 g/mol. The van der Waals surface area contributed by atoms with Crippen LogP contribution in [-0.4, -0.2) is 0 Å². The first-order valence-electron chi connectivity index (χ1n) is 23.2. The third kappa shape index (κ3) is 5.08. The SMILES string of the molecule is c1ccc2c(c1)-c1ccccc1C21c2ccccc2-c2cc(-c3ccc4sc5ccccc5c4c3)c(N(c3ccc4ccccc4c3)c3ccc4c5ccccc5c5ccccc5c4c3)cc21. The molecule has 0 saturated heterocycles. The van der Waals surface area contributed by atoms with E-state index in [4.69, 9.17) is 0 Å². The van der Waals surface area contributed by atoms with Crippen LogP contribution in [0.25, 0.3) is 96.6 Å². The summed E-state index contributed by atoms with van der Waals surface area (Å²) in [7, 11) is 0. The zero-order valence-electron chi connectivity index (χ0n) is 36.4. The Labute approximate surface area is 392 Å². The average Bonchev–Trinajstić information content (AvgIpc) is 4.02. The zero-order valence-corrected chi connectivity index (χ0v) is 37.2. The van der Waals surface area contributed by atoms with Crippen molar-refractivity contribution in [3.63, 3.8) is 0 Å². The van der Waals surface area contributed by atoms with Crippen molar-refractivity contribution in [2.75, 3.05) is 4.90 Å². The summed E-state index contributed by atoms with van der Waals surface area (Å²) in [5.41, 5.74) is 15.8. The number of hydrogen-bond acceptors (Lipinski definition) is 2. The van der Waals surface area contributed by atoms with E-state index < -0.39 is 5.41 Å². The Bertz CT molecular complexity index is 4170. The molecule has 1 nitrogen and oxygen atoms in total. The summed E-state index contributed by atoms with van der Waals surface area (Å²) in [4.78, 5) is 2.56. The molecule has 0 aliphatic heterocycles. The summed E-state index contributed by atoms with van der Waals surface area (Å²) in [6.45, 7) is 0. The number of hydrogen-bond donors (Lipinski definition) is 0. The van der Waals surface area contributed by atoms with Gasteiger partial charge in [-0.1, -0.05) is 182 Å². The molecule has 15 rings (SSSR count). The van der Waals surface area contributed by atoms with Gasteiger partial charge in [-0.05, 0) is 148 Å². The molecule has 0 fully saturated rings. The number of nitrogens with zero attached hydrogens (tertiary/aromatic N) is 1. The molecule has 1 spiro atoms. The van der Waals surface area contributed by atoms with Gasteiger partial charge >= 0.3 is 0 Å². The summed E-state index contributed by atoms with van der Waals surface area (Å²) in [5, 5.41) is 12.6. The Morgan fingerprint density at radius 3 is 1.48 bits per heavy atom. The van der Waals surface area contributed by atoms with Gasteiger partial charge in [0.1, 0.15) is 0 Å². The Morgan fingerprint density at radius 2 is 0.791 bits per heavy atom. The van der Waals surface area contributed by atoms with Gasteiger partial charge in [-0.25, -0.2) is 0 Å². The molecule has 0 N–H and O–H groups in total. The molecule has 2 aliphatic carbocycles. The van der Waals surface area contributed by atoms with Crippen LogP contribution in [0.4, 0.5) is 17.1 Å². The van der Waals surface area contributed by atoms with Crippen LogP contribution in [0.1, 0.15) is 22.3 Å². The van der Waals surface area contributed by atoms with Crippen LogP contribution in [0.2, 0.25) is 0 Å². The van der Waals surface area contributed by atoms with E-state index in [0.717, 1.165) is 17.1 Å². The minimum Gasteiger partial charge on any atom is -0.310 e. The largest absolute Gasteiger partial charge is 0.310 e. The molecule has 1 heterocycles. The molecule has 12 aromatic carbocycles. The highest BCUT2D eigenvalue weighted by Gasteiger charge is 2.52. The Balaban J connectivity index is 1.10. The third-order valence-electron chi connectivity index (χ3n) is 15.0. The average molecular weight is 866 g/mol. The minimum atomic E-state index is -0.506. The van der Waals surface area contributed by atoms with Crippen LogP contribution in [0.15, 0.2) is 237 Å². The monoisotopic (exact) mass is 865 g/mol. The van der Waals surface area contributed by atoms with Crippen LogP contribution >= 0.6 is 11.3 Å². The lowest BCUT2D eigenvalue weighted by atomic mass is 9.70. The van der Waals surface area contributed by atoms with Gasteiger partial charge in [0.05, 0.1) is 11.1 Å². The highest BCUT2D eigenvalue weighted by Crippen LogP contribution is 2.64. The van der Waals surface area contributed by atoms with Gasteiger partial charge in [0.25, 0.3) is 0 Å². The van der Waals surface area contributed by atoms with Crippen LogP contribution in [-0.2, 0) is 5.41 Å². The van der Waals surface area contributed by atoms with Gasteiger partial charge in [-0.3, -0.25) is 0 Å². The topological polar surface area (TPSA) is 3.24 Å². The molecule has 0 saturated carbocycles. The first-order chi connectivity index (χ1) is 33.2. The van der Waals surface area contributed by atoms with E-state index in [-0.39, 0.29) is 0 Å². The van der Waals surface area contributed by atoms with Crippen LogP contribution < -0.4 is 4.90 Å². The number of thiophene rings is 1. The normalized spacial score (nSPS) is 13.2. The Hall–Kier alpha value is -8.30. The zero-order chi connectivity index (χ0) is 43.8. The predicted octanol–water partition coefficient (Wildman–Crippen LogP) is 18.1. The Kier molecular flexibility index (Phi) is 7.65. The van der Waals surface area contributed by atoms with Crippen molar-refractivity contribution in [1.82, 2.24) is 0 Å². The van der Waals surface area contributed by atoms with Gasteiger partial charge in [0.2, 0.25) is 0 Å². The summed E-state index contributed by atoms with van der Waals surface area (Å²) >= 11 is 1.87. The van der Waals surface area contributed by atoms with E-state index in [2.05, 4.69) is 241 Å². The van der Waals surface area contributed by atoms with Crippen molar-refractivity contribution in [1.29, 1.82) is 0 Å². The number of anilines is 3. The molecule has 0 amide bonds. The van der Waals surface area contributed by atoms with Crippen molar-refractivity contribution in [2.45, 2.75) is 5.41 Å². The standard InChI is InChI=1S/C65H39NS/c1-2-16-41-35-43(31-29-40(41)15-1)66(44-32-33-49-47-19-4-3-17-45(47)46-18-5-6-20-48(46)55(49)37-44)62-39-61-56(38-54(62)42-30-34-64-57(36-42)53-24-10-14-28-63(53)67-64)52-23-9-13-27-60(52)65(61)58-25-11-7-21-50(58)51-22-8-12-26-59(51)65/h1-39H. The van der Waals surface area contributed by atoms with Gasteiger partial charge in [0.15, 0.2) is 0 Å². The number of fused-ring (bicyclic) bond motifs is 20. The van der Waals surface area contributed by atoms with Gasteiger partial charge in [-0.15, -0.1) is 11.3 Å². The van der Waals surface area contributed by atoms with Crippen molar-refractivity contribution >= 4 is 91.7 Å². The first-order valence-corrected chi connectivity index (χ1v) is 24.1. The van der Waals surface area contributed by atoms with E-state index >= 15 is 0 Å². The second-order valence-corrected chi connectivity index (χ2v) is 19.4.